The summed E-state index contributed by atoms with van der Waals surface area (Å²) < 4.78 is 0. The van der Waals surface area contributed by atoms with Gasteiger partial charge < -0.3 is 10.1 Å². The van der Waals surface area contributed by atoms with Gasteiger partial charge in [-0.3, -0.25) is 0 Å². The largest absolute Gasteiger partial charge is 0.511 e. The van der Waals surface area contributed by atoms with E-state index >= 15 is 0 Å². The molecule has 0 aromatic carbocycles. The number of aliphatic hydroxyl groups excluding tert-OH is 1. The van der Waals surface area contributed by atoms with Crippen LogP contribution in [0.25, 0.3) is 12.2 Å². The Morgan fingerprint density at radius 3 is 2.24 bits per heavy atom. The minimum Gasteiger partial charge on any atom is -0.511 e. The maximum atomic E-state index is 11.1. The summed E-state index contributed by atoms with van der Waals surface area (Å²) in [5.74, 6) is 0.392. The first-order valence-corrected chi connectivity index (χ1v) is 13.9. The summed E-state index contributed by atoms with van der Waals surface area (Å²) in [7, 11) is 0. The monoisotopic (exact) mass is 504 g/mol. The number of hydrogen-bond donors (Lipinski definition) is 2. The van der Waals surface area contributed by atoms with Crippen molar-refractivity contribution in [1.82, 2.24) is 4.98 Å². The highest BCUT2D eigenvalue weighted by Crippen LogP contribution is 2.44. The first-order chi connectivity index (χ1) is 18.3. The molecule has 194 valence electrons. The molecule has 0 saturated heterocycles. The first-order valence-electron chi connectivity index (χ1n) is 13.9. The van der Waals surface area contributed by atoms with E-state index in [9.17, 15) is 5.11 Å². The maximum Gasteiger partial charge on any atom is 0.106 e. The van der Waals surface area contributed by atoms with Crippen LogP contribution in [0.2, 0.25) is 0 Å². The molecule has 6 rings (SSSR count). The van der Waals surface area contributed by atoms with Crippen LogP contribution in [-0.4, -0.2) is 27.2 Å². The quantitative estimate of drug-likeness (QED) is 0.497. The number of H-pyrrole nitrogens is 1. The van der Waals surface area contributed by atoms with Crippen LogP contribution >= 0.6 is 0 Å². The van der Waals surface area contributed by atoms with Crippen molar-refractivity contribution in [3.05, 3.63) is 89.8 Å². The molecule has 5 heterocycles. The van der Waals surface area contributed by atoms with Crippen LogP contribution < -0.4 is 10.7 Å². The van der Waals surface area contributed by atoms with Gasteiger partial charge in [-0.05, 0) is 104 Å². The molecule has 0 saturated carbocycles. The van der Waals surface area contributed by atoms with Gasteiger partial charge in [0, 0.05) is 28.3 Å². The Kier molecular flexibility index (Phi) is 5.78. The Morgan fingerprint density at radius 1 is 0.816 bits per heavy atom. The SMILES string of the molecule is CCCC1=C(C)C2=NC1=C1CC(O)=C3C1=NC(=C3C)C=C1N=C(C=c3[nH]c(c(C)c3CC)=C2)C(C)=C1CC. The van der Waals surface area contributed by atoms with Gasteiger partial charge in [0.15, 0.2) is 0 Å². The molecule has 0 spiro atoms. The van der Waals surface area contributed by atoms with E-state index in [1.807, 2.05) is 0 Å². The van der Waals surface area contributed by atoms with E-state index in [2.05, 4.69) is 71.7 Å². The summed E-state index contributed by atoms with van der Waals surface area (Å²) >= 11 is 0. The van der Waals surface area contributed by atoms with Gasteiger partial charge in [-0.15, -0.1) is 0 Å². The Labute approximate surface area is 224 Å². The number of rotatable bonds is 4. The Hall–Kier alpha value is -3.73. The Bertz CT molecular complexity index is 1730. The minimum atomic E-state index is 0.392. The third-order valence-electron chi connectivity index (χ3n) is 8.67. The van der Waals surface area contributed by atoms with E-state index in [1.54, 1.807) is 0 Å². The van der Waals surface area contributed by atoms with E-state index < -0.39 is 0 Å². The Morgan fingerprint density at radius 2 is 1.53 bits per heavy atom. The second-order valence-electron chi connectivity index (χ2n) is 10.8. The maximum absolute atomic E-state index is 11.1. The molecule has 0 radical (unpaired) electrons. The number of aliphatic imine (C=N–C) groups is 3. The summed E-state index contributed by atoms with van der Waals surface area (Å²) in [5, 5.41) is 13.3. The highest BCUT2D eigenvalue weighted by molar-refractivity contribution is 6.26. The van der Waals surface area contributed by atoms with Gasteiger partial charge in [0.2, 0.25) is 0 Å². The van der Waals surface area contributed by atoms with Gasteiger partial charge in [0.25, 0.3) is 0 Å². The zero-order valence-electron chi connectivity index (χ0n) is 23.6. The van der Waals surface area contributed by atoms with Crippen LogP contribution in [0.4, 0.5) is 0 Å². The van der Waals surface area contributed by atoms with E-state index in [0.717, 1.165) is 87.3 Å². The van der Waals surface area contributed by atoms with Crippen LogP contribution in [0, 0.1) is 6.92 Å². The molecule has 0 fully saturated rings. The average Bonchev–Trinajstić information content (AvgIpc) is 3.63. The summed E-state index contributed by atoms with van der Waals surface area (Å²) in [4.78, 5) is 19.1. The molecule has 5 aliphatic rings. The van der Waals surface area contributed by atoms with Crippen molar-refractivity contribution < 1.29 is 5.11 Å². The highest BCUT2D eigenvalue weighted by atomic mass is 16.3. The van der Waals surface area contributed by atoms with Crippen LogP contribution in [0.1, 0.15) is 78.4 Å². The first kappa shape index (κ1) is 24.6. The van der Waals surface area contributed by atoms with Crippen molar-refractivity contribution in [1.29, 1.82) is 0 Å². The van der Waals surface area contributed by atoms with Crippen LogP contribution in [-0.2, 0) is 6.42 Å². The van der Waals surface area contributed by atoms with E-state index in [0.29, 0.717) is 12.2 Å². The molecule has 5 heteroatoms. The second kappa shape index (κ2) is 8.93. The molecule has 2 N–H and O–H groups in total. The van der Waals surface area contributed by atoms with Crippen molar-refractivity contribution in [3.8, 4) is 0 Å². The number of nitrogens with one attached hydrogen (secondary N) is 1. The van der Waals surface area contributed by atoms with Crippen molar-refractivity contribution in [2.24, 2.45) is 15.0 Å². The summed E-state index contributed by atoms with van der Waals surface area (Å²) in [6.07, 6.45) is 10.8. The Balaban J connectivity index is 1.72. The average molecular weight is 505 g/mol. The van der Waals surface area contributed by atoms with Crippen molar-refractivity contribution >= 4 is 29.3 Å². The number of nitrogens with zero attached hydrogens (tertiary/aromatic N) is 3. The number of aromatic amines is 1. The van der Waals surface area contributed by atoms with Gasteiger partial charge in [-0.2, -0.15) is 0 Å². The fourth-order valence-electron chi connectivity index (χ4n) is 6.50. The minimum absolute atomic E-state index is 0.392. The molecule has 8 bridgehead atoms. The molecular weight excluding hydrogens is 468 g/mol. The fourth-order valence-corrected chi connectivity index (χ4v) is 6.50. The number of hydrogen-bond acceptors (Lipinski definition) is 4. The number of allylic oxidation sites excluding steroid dienone is 8. The second-order valence-corrected chi connectivity index (χ2v) is 10.8. The summed E-state index contributed by atoms with van der Waals surface area (Å²) in [5.41, 5.74) is 16.1. The number of aromatic nitrogens is 1. The molecule has 1 aliphatic carbocycles. The van der Waals surface area contributed by atoms with Crippen molar-refractivity contribution in [2.45, 2.75) is 80.6 Å². The molecule has 1 aromatic heterocycles. The lowest BCUT2D eigenvalue weighted by molar-refractivity contribution is 0.400. The third kappa shape index (κ3) is 3.48. The molecule has 5 nitrogen and oxygen atoms in total. The lowest BCUT2D eigenvalue weighted by Gasteiger charge is -2.08. The zero-order valence-corrected chi connectivity index (χ0v) is 23.6. The normalized spacial score (nSPS) is 20.4. The highest BCUT2D eigenvalue weighted by Gasteiger charge is 2.36. The molecule has 4 aliphatic heterocycles. The van der Waals surface area contributed by atoms with Crippen molar-refractivity contribution in [3.63, 3.8) is 0 Å². The molecule has 0 atom stereocenters. The molecule has 38 heavy (non-hydrogen) atoms. The predicted octanol–water partition coefficient (Wildman–Crippen LogP) is 6.29. The summed E-state index contributed by atoms with van der Waals surface area (Å²) in [6.45, 7) is 15.2. The van der Waals surface area contributed by atoms with Crippen LogP contribution in [0.15, 0.2) is 82.9 Å². The lowest BCUT2D eigenvalue weighted by atomic mass is 9.96. The molecular formula is C33H36N4O. The van der Waals surface area contributed by atoms with E-state index in [1.165, 1.54) is 33.4 Å². The fraction of sp³-hybridized carbons (Fsp3) is 0.364. The zero-order chi connectivity index (χ0) is 26.9. The van der Waals surface area contributed by atoms with Crippen LogP contribution in [0.5, 0.6) is 0 Å². The van der Waals surface area contributed by atoms with Gasteiger partial charge in [-0.25, -0.2) is 15.0 Å². The van der Waals surface area contributed by atoms with E-state index in [4.69, 9.17) is 15.0 Å². The standard InChI is InChI=1S/C33H36N4O/c1-8-11-22-18(6)26-13-24-16(4)20(9-2)28(34-24)14-25-17(5)21(10-3)29(35-25)15-27-19(7)31-30(38)12-23(32(22)36-26)33(31)37-27/h13-15,34,38H,8-12H2,1-7H3. The number of aliphatic hydroxyl groups is 1. The topological polar surface area (TPSA) is 73.1 Å². The molecule has 0 amide bonds. The van der Waals surface area contributed by atoms with Gasteiger partial charge >= 0.3 is 0 Å². The van der Waals surface area contributed by atoms with Crippen molar-refractivity contribution in [2.75, 3.05) is 0 Å². The lowest BCUT2D eigenvalue weighted by Crippen LogP contribution is -2.15. The predicted molar refractivity (Wildman–Crippen MR) is 158 cm³/mol. The summed E-state index contributed by atoms with van der Waals surface area (Å²) in [6, 6.07) is 0. The van der Waals surface area contributed by atoms with Crippen LogP contribution in [0.3, 0.4) is 0 Å². The third-order valence-corrected chi connectivity index (χ3v) is 8.67. The smallest absolute Gasteiger partial charge is 0.106 e. The van der Waals surface area contributed by atoms with E-state index in [-0.39, 0.29) is 0 Å². The van der Waals surface area contributed by atoms with Gasteiger partial charge in [0.05, 0.1) is 34.2 Å². The number of fused-ring (bicyclic) bond motifs is 5. The molecule has 0 unspecified atom stereocenters. The van der Waals surface area contributed by atoms with Gasteiger partial charge in [0.1, 0.15) is 5.76 Å². The molecule has 1 aromatic rings. The van der Waals surface area contributed by atoms with Gasteiger partial charge in [-0.1, -0.05) is 27.2 Å².